The Kier molecular flexibility index (Phi) is 6.96. The summed E-state index contributed by atoms with van der Waals surface area (Å²) in [6.45, 7) is 4.75. The van der Waals surface area contributed by atoms with Crippen molar-refractivity contribution in [1.29, 1.82) is 0 Å². The molecule has 0 unspecified atom stereocenters. The predicted octanol–water partition coefficient (Wildman–Crippen LogP) is 3.76. The monoisotopic (exact) mass is 407 g/mol. The van der Waals surface area contributed by atoms with Gasteiger partial charge < -0.3 is 10.1 Å². The minimum absolute atomic E-state index is 0.0705. The van der Waals surface area contributed by atoms with Crippen LogP contribution in [0.1, 0.15) is 5.56 Å². The third kappa shape index (κ3) is 5.84. The molecule has 0 saturated carbocycles. The van der Waals surface area contributed by atoms with Gasteiger partial charge in [-0.2, -0.15) is 0 Å². The summed E-state index contributed by atoms with van der Waals surface area (Å²) in [7, 11) is 1.57. The summed E-state index contributed by atoms with van der Waals surface area (Å²) in [5.41, 5.74) is 1.80. The molecule has 0 spiro atoms. The molecule has 1 aliphatic rings. The predicted molar refractivity (Wildman–Crippen MR) is 110 cm³/mol. The van der Waals surface area contributed by atoms with Gasteiger partial charge in [-0.3, -0.25) is 14.6 Å². The molecule has 1 aliphatic heterocycles. The molecular weight excluding hydrogens is 385 g/mol. The fourth-order valence-corrected chi connectivity index (χ4v) is 3.55. The molecule has 0 bridgehead atoms. The van der Waals surface area contributed by atoms with Gasteiger partial charge in [0.25, 0.3) is 0 Å². The van der Waals surface area contributed by atoms with Gasteiger partial charge in [-0.1, -0.05) is 35.3 Å². The maximum Gasteiger partial charge on any atom is 0.238 e. The molecule has 1 heterocycles. The van der Waals surface area contributed by atoms with E-state index in [2.05, 4.69) is 21.2 Å². The van der Waals surface area contributed by atoms with E-state index in [1.165, 1.54) is 5.56 Å². The molecule has 0 radical (unpaired) electrons. The van der Waals surface area contributed by atoms with Crippen molar-refractivity contribution in [3.63, 3.8) is 0 Å². The van der Waals surface area contributed by atoms with Crippen molar-refractivity contribution in [2.75, 3.05) is 45.2 Å². The van der Waals surface area contributed by atoms with Gasteiger partial charge in [0.2, 0.25) is 5.91 Å². The van der Waals surface area contributed by atoms with E-state index in [0.29, 0.717) is 23.0 Å². The maximum atomic E-state index is 12.4. The number of anilines is 1. The topological polar surface area (TPSA) is 44.8 Å². The summed E-state index contributed by atoms with van der Waals surface area (Å²) >= 11 is 12.1. The van der Waals surface area contributed by atoms with Crippen molar-refractivity contribution in [3.05, 3.63) is 58.1 Å². The Bertz CT molecular complexity index is 793. The van der Waals surface area contributed by atoms with Crippen LogP contribution in [0, 0.1) is 0 Å². The Morgan fingerprint density at radius 3 is 2.44 bits per heavy atom. The summed E-state index contributed by atoms with van der Waals surface area (Å²) in [6, 6.07) is 13.1. The number of hydrogen-bond donors (Lipinski definition) is 1. The number of nitrogens with zero attached hydrogens (tertiary/aromatic N) is 2. The average molecular weight is 408 g/mol. The molecule has 0 aliphatic carbocycles. The summed E-state index contributed by atoms with van der Waals surface area (Å²) in [5, 5.41) is 4.21. The highest BCUT2D eigenvalue weighted by atomic mass is 35.5. The van der Waals surface area contributed by atoms with Gasteiger partial charge in [-0.05, 0) is 35.9 Å². The van der Waals surface area contributed by atoms with E-state index in [0.717, 1.165) is 37.7 Å². The molecule has 2 aromatic carbocycles. The first-order valence-electron chi connectivity index (χ1n) is 8.86. The molecule has 1 N–H and O–H groups in total. The van der Waals surface area contributed by atoms with Crippen LogP contribution >= 0.6 is 23.2 Å². The van der Waals surface area contributed by atoms with E-state index in [1.807, 2.05) is 18.2 Å². The number of nitrogens with one attached hydrogen (secondary N) is 1. The van der Waals surface area contributed by atoms with Crippen LogP contribution < -0.4 is 10.1 Å². The first-order valence-corrected chi connectivity index (χ1v) is 9.61. The number of rotatable bonds is 6. The molecule has 27 heavy (non-hydrogen) atoms. The fourth-order valence-electron chi connectivity index (χ4n) is 3.17. The van der Waals surface area contributed by atoms with Crippen molar-refractivity contribution < 1.29 is 9.53 Å². The highest BCUT2D eigenvalue weighted by Gasteiger charge is 2.19. The number of carbonyl (C=O) groups is 1. The third-order valence-corrected chi connectivity index (χ3v) is 5.03. The van der Waals surface area contributed by atoms with Crippen LogP contribution in [0.3, 0.4) is 0 Å². The van der Waals surface area contributed by atoms with Crippen molar-refractivity contribution >= 4 is 34.8 Å². The molecule has 0 aromatic heterocycles. The van der Waals surface area contributed by atoms with E-state index < -0.39 is 0 Å². The first kappa shape index (κ1) is 20.0. The number of halogens is 2. The van der Waals surface area contributed by atoms with Gasteiger partial charge in [0.05, 0.1) is 19.3 Å². The SMILES string of the molecule is COc1ccc(Cl)cc1NC(=O)CN1CCN(Cc2cccc(Cl)c2)CC1. The van der Waals surface area contributed by atoms with E-state index in [4.69, 9.17) is 27.9 Å². The van der Waals surface area contributed by atoms with Crippen LogP contribution in [0.25, 0.3) is 0 Å². The fraction of sp³-hybridized carbons (Fsp3) is 0.350. The number of methoxy groups -OCH3 is 1. The van der Waals surface area contributed by atoms with Crippen LogP contribution in [-0.4, -0.2) is 55.5 Å². The Morgan fingerprint density at radius 1 is 1.04 bits per heavy atom. The lowest BCUT2D eigenvalue weighted by Gasteiger charge is -2.34. The number of piperazine rings is 1. The zero-order valence-electron chi connectivity index (χ0n) is 15.3. The van der Waals surface area contributed by atoms with Crippen molar-refractivity contribution in [2.45, 2.75) is 6.54 Å². The molecule has 7 heteroatoms. The number of benzene rings is 2. The Labute approximate surface area is 169 Å². The number of amides is 1. The number of ether oxygens (including phenoxy) is 1. The van der Waals surface area contributed by atoms with Gasteiger partial charge in [-0.15, -0.1) is 0 Å². The second-order valence-corrected chi connectivity index (χ2v) is 7.45. The highest BCUT2D eigenvalue weighted by molar-refractivity contribution is 6.31. The molecule has 2 aromatic rings. The van der Waals surface area contributed by atoms with Gasteiger partial charge >= 0.3 is 0 Å². The normalized spacial score (nSPS) is 15.5. The molecule has 3 rings (SSSR count). The van der Waals surface area contributed by atoms with Gasteiger partial charge in [0.15, 0.2) is 0 Å². The Balaban J connectivity index is 1.47. The quantitative estimate of drug-likeness (QED) is 0.791. The first-order chi connectivity index (χ1) is 13.0. The molecule has 0 atom stereocenters. The van der Waals surface area contributed by atoms with E-state index in [-0.39, 0.29) is 5.91 Å². The van der Waals surface area contributed by atoms with Crippen molar-refractivity contribution in [1.82, 2.24) is 9.80 Å². The zero-order chi connectivity index (χ0) is 19.2. The minimum atomic E-state index is -0.0705. The Hall–Kier alpha value is -1.79. The van der Waals surface area contributed by atoms with Crippen LogP contribution in [-0.2, 0) is 11.3 Å². The molecular formula is C20H23Cl2N3O2. The van der Waals surface area contributed by atoms with Crippen LogP contribution in [0.2, 0.25) is 10.0 Å². The summed E-state index contributed by atoms with van der Waals surface area (Å²) in [6.07, 6.45) is 0. The minimum Gasteiger partial charge on any atom is -0.495 e. The van der Waals surface area contributed by atoms with Gasteiger partial charge in [-0.25, -0.2) is 0 Å². The summed E-state index contributed by atoms with van der Waals surface area (Å²) < 4.78 is 5.27. The lowest BCUT2D eigenvalue weighted by atomic mass is 10.2. The van der Waals surface area contributed by atoms with E-state index >= 15 is 0 Å². The second-order valence-electron chi connectivity index (χ2n) is 6.57. The molecule has 144 valence electrons. The van der Waals surface area contributed by atoms with Crippen molar-refractivity contribution in [2.24, 2.45) is 0 Å². The summed E-state index contributed by atoms with van der Waals surface area (Å²) in [5.74, 6) is 0.526. The van der Waals surface area contributed by atoms with Crippen LogP contribution in [0.4, 0.5) is 5.69 Å². The average Bonchev–Trinajstić information content (AvgIpc) is 2.63. The zero-order valence-corrected chi connectivity index (χ0v) is 16.8. The van der Waals surface area contributed by atoms with Crippen LogP contribution in [0.15, 0.2) is 42.5 Å². The smallest absolute Gasteiger partial charge is 0.238 e. The van der Waals surface area contributed by atoms with Crippen LogP contribution in [0.5, 0.6) is 5.75 Å². The number of carbonyl (C=O) groups excluding carboxylic acids is 1. The van der Waals surface area contributed by atoms with Gasteiger partial charge in [0.1, 0.15) is 5.75 Å². The molecule has 5 nitrogen and oxygen atoms in total. The summed E-state index contributed by atoms with van der Waals surface area (Å²) in [4.78, 5) is 16.9. The molecule has 1 fully saturated rings. The Morgan fingerprint density at radius 2 is 1.74 bits per heavy atom. The lowest BCUT2D eigenvalue weighted by molar-refractivity contribution is -0.117. The molecule has 1 saturated heterocycles. The maximum absolute atomic E-state index is 12.4. The lowest BCUT2D eigenvalue weighted by Crippen LogP contribution is -2.48. The number of hydrogen-bond acceptors (Lipinski definition) is 4. The van der Waals surface area contributed by atoms with E-state index in [1.54, 1.807) is 25.3 Å². The standard InChI is InChI=1S/C20H23Cl2N3O2/c1-27-19-6-5-17(22)12-18(19)23-20(26)14-25-9-7-24(8-10-25)13-15-3-2-4-16(21)11-15/h2-6,11-12H,7-10,13-14H2,1H3,(H,23,26). The van der Waals surface area contributed by atoms with Crippen molar-refractivity contribution in [3.8, 4) is 5.75 Å². The van der Waals surface area contributed by atoms with Gasteiger partial charge in [0, 0.05) is 42.8 Å². The van der Waals surface area contributed by atoms with E-state index in [9.17, 15) is 4.79 Å². The highest BCUT2D eigenvalue weighted by Crippen LogP contribution is 2.27. The largest absolute Gasteiger partial charge is 0.495 e. The molecule has 1 amide bonds. The second kappa shape index (κ2) is 9.42. The third-order valence-electron chi connectivity index (χ3n) is 4.56.